The molecule has 1 fully saturated rings. The molecule has 1 aliphatic rings. The van der Waals surface area contributed by atoms with E-state index in [1.54, 1.807) is 36.4 Å². The van der Waals surface area contributed by atoms with Gasteiger partial charge in [-0.25, -0.2) is 8.42 Å². The van der Waals surface area contributed by atoms with Crippen molar-refractivity contribution in [1.29, 1.82) is 0 Å². The Bertz CT molecular complexity index is 920. The second-order valence-corrected chi connectivity index (χ2v) is 8.95. The number of carbonyl (C=O) groups is 1. The van der Waals surface area contributed by atoms with Crippen LogP contribution in [0, 0.1) is 0 Å². The fourth-order valence-corrected chi connectivity index (χ4v) is 3.99. The Balaban J connectivity index is 1.66. The Morgan fingerprint density at radius 2 is 1.71 bits per heavy atom. The fraction of sp³-hybridized carbons (Fsp3) is 0.381. The average Bonchev–Trinajstić information content (AvgIpc) is 3.14. The summed E-state index contributed by atoms with van der Waals surface area (Å²) in [6, 6.07) is 13.8. The van der Waals surface area contributed by atoms with Crippen LogP contribution in [0.5, 0.6) is 5.75 Å². The molecule has 3 rings (SSSR count). The van der Waals surface area contributed by atoms with Gasteiger partial charge in [-0.15, -0.1) is 0 Å². The summed E-state index contributed by atoms with van der Waals surface area (Å²) in [5, 5.41) is 2.92. The molecule has 2 aromatic rings. The van der Waals surface area contributed by atoms with Gasteiger partial charge < -0.3 is 10.1 Å². The number of anilines is 1. The van der Waals surface area contributed by atoms with Gasteiger partial charge in [-0.05, 0) is 68.5 Å². The number of benzene rings is 2. The van der Waals surface area contributed by atoms with Crippen molar-refractivity contribution in [3.63, 3.8) is 0 Å². The molecule has 0 heterocycles. The smallest absolute Gasteiger partial charge is 0.251 e. The molecule has 1 atom stereocenters. The number of rotatable bonds is 7. The molecule has 2 aromatic carbocycles. The van der Waals surface area contributed by atoms with E-state index in [0.717, 1.165) is 24.8 Å². The Morgan fingerprint density at radius 1 is 1.07 bits per heavy atom. The quantitative estimate of drug-likeness (QED) is 0.736. The highest BCUT2D eigenvalue weighted by Gasteiger charge is 2.18. The average molecular weight is 403 g/mol. The van der Waals surface area contributed by atoms with E-state index in [0.29, 0.717) is 16.8 Å². The molecule has 2 N–H and O–H groups in total. The van der Waals surface area contributed by atoms with E-state index >= 15 is 0 Å². The predicted molar refractivity (Wildman–Crippen MR) is 110 cm³/mol. The van der Waals surface area contributed by atoms with Gasteiger partial charge in [-0.2, -0.15) is 0 Å². The highest BCUT2D eigenvalue weighted by Crippen LogP contribution is 2.25. The number of para-hydroxylation sites is 1. The number of sulfonamides is 1. The zero-order chi connectivity index (χ0) is 20.1. The number of hydrogen-bond donors (Lipinski definition) is 2. The van der Waals surface area contributed by atoms with Gasteiger partial charge in [-0.1, -0.05) is 18.2 Å². The molecule has 0 bridgehead atoms. The SMILES string of the molecule is CC(NC(=O)c1ccc(OC2CCCC2)cc1)c1ccccc1NS(C)(=O)=O. The molecule has 1 amide bonds. The van der Waals surface area contributed by atoms with Gasteiger partial charge in [0.15, 0.2) is 0 Å². The lowest BCUT2D eigenvalue weighted by Gasteiger charge is -2.18. The first kappa shape index (κ1) is 20.2. The van der Waals surface area contributed by atoms with Gasteiger partial charge in [0.1, 0.15) is 5.75 Å². The van der Waals surface area contributed by atoms with E-state index in [1.165, 1.54) is 12.8 Å². The first-order valence-corrected chi connectivity index (χ1v) is 11.4. The standard InChI is InChI=1S/C21H26N2O4S/c1-15(19-9-5-6-10-20(19)23-28(2,25)26)22-21(24)16-11-13-18(14-12-16)27-17-7-3-4-8-17/h5-6,9-15,17,23H,3-4,7-8H2,1-2H3,(H,22,24). The summed E-state index contributed by atoms with van der Waals surface area (Å²) < 4.78 is 31.5. The van der Waals surface area contributed by atoms with Crippen LogP contribution in [-0.4, -0.2) is 26.7 Å². The van der Waals surface area contributed by atoms with Gasteiger partial charge in [-0.3, -0.25) is 9.52 Å². The minimum atomic E-state index is -3.41. The lowest BCUT2D eigenvalue weighted by molar-refractivity contribution is 0.0940. The first-order chi connectivity index (χ1) is 13.3. The molecule has 6 nitrogen and oxygen atoms in total. The van der Waals surface area contributed by atoms with Crippen molar-refractivity contribution in [2.24, 2.45) is 0 Å². The lowest BCUT2D eigenvalue weighted by atomic mass is 10.1. The maximum atomic E-state index is 12.6. The van der Waals surface area contributed by atoms with E-state index in [9.17, 15) is 13.2 Å². The number of ether oxygens (including phenoxy) is 1. The van der Waals surface area contributed by atoms with E-state index in [4.69, 9.17) is 4.74 Å². The molecule has 28 heavy (non-hydrogen) atoms. The van der Waals surface area contributed by atoms with Crippen LogP contribution >= 0.6 is 0 Å². The Kier molecular flexibility index (Phi) is 6.24. The van der Waals surface area contributed by atoms with Gasteiger partial charge in [0.25, 0.3) is 5.91 Å². The molecule has 7 heteroatoms. The molecule has 0 spiro atoms. The highest BCUT2D eigenvalue weighted by molar-refractivity contribution is 7.92. The van der Waals surface area contributed by atoms with E-state index < -0.39 is 10.0 Å². The van der Waals surface area contributed by atoms with Gasteiger partial charge in [0.2, 0.25) is 10.0 Å². The fourth-order valence-electron chi connectivity index (χ4n) is 3.41. The monoisotopic (exact) mass is 402 g/mol. The summed E-state index contributed by atoms with van der Waals surface area (Å²) in [5.74, 6) is 0.549. The molecule has 150 valence electrons. The number of nitrogens with one attached hydrogen (secondary N) is 2. The summed E-state index contributed by atoms with van der Waals surface area (Å²) in [5.41, 5.74) is 1.68. The normalized spacial score (nSPS) is 15.8. The first-order valence-electron chi connectivity index (χ1n) is 9.46. The van der Waals surface area contributed by atoms with E-state index in [2.05, 4.69) is 10.0 Å². The van der Waals surface area contributed by atoms with Crippen molar-refractivity contribution in [2.75, 3.05) is 11.0 Å². The largest absolute Gasteiger partial charge is 0.490 e. The summed E-state index contributed by atoms with van der Waals surface area (Å²) in [6.07, 6.45) is 5.96. The van der Waals surface area contributed by atoms with Crippen molar-refractivity contribution in [3.05, 3.63) is 59.7 Å². The molecule has 0 aliphatic heterocycles. The van der Waals surface area contributed by atoms with Gasteiger partial charge >= 0.3 is 0 Å². The second-order valence-electron chi connectivity index (χ2n) is 7.21. The van der Waals surface area contributed by atoms with Crippen molar-refractivity contribution >= 4 is 21.6 Å². The summed E-state index contributed by atoms with van der Waals surface area (Å²) >= 11 is 0. The molecular formula is C21H26N2O4S. The third kappa shape index (κ3) is 5.48. The van der Waals surface area contributed by atoms with Gasteiger partial charge in [0, 0.05) is 5.56 Å². The van der Waals surface area contributed by atoms with Crippen LogP contribution in [-0.2, 0) is 10.0 Å². The zero-order valence-electron chi connectivity index (χ0n) is 16.1. The predicted octanol–water partition coefficient (Wildman–Crippen LogP) is 3.87. The third-order valence-corrected chi connectivity index (χ3v) is 5.38. The zero-order valence-corrected chi connectivity index (χ0v) is 17.0. The maximum Gasteiger partial charge on any atom is 0.251 e. The van der Waals surface area contributed by atoms with Gasteiger partial charge in [0.05, 0.1) is 24.1 Å². The van der Waals surface area contributed by atoms with Crippen molar-refractivity contribution in [1.82, 2.24) is 5.32 Å². The molecule has 0 radical (unpaired) electrons. The van der Waals surface area contributed by atoms with Crippen LogP contribution in [0.4, 0.5) is 5.69 Å². The van der Waals surface area contributed by atoms with Crippen LogP contribution in [0.25, 0.3) is 0 Å². The molecule has 0 saturated heterocycles. The van der Waals surface area contributed by atoms with E-state index in [1.807, 2.05) is 19.1 Å². The van der Waals surface area contributed by atoms with Crippen LogP contribution in [0.2, 0.25) is 0 Å². The van der Waals surface area contributed by atoms with Crippen LogP contribution in [0.1, 0.15) is 54.6 Å². The van der Waals surface area contributed by atoms with E-state index in [-0.39, 0.29) is 18.1 Å². The maximum absolute atomic E-state index is 12.6. The van der Waals surface area contributed by atoms with Crippen molar-refractivity contribution < 1.29 is 17.9 Å². The summed E-state index contributed by atoms with van der Waals surface area (Å²) in [6.45, 7) is 1.82. The Labute approximate surface area is 166 Å². The Morgan fingerprint density at radius 3 is 2.36 bits per heavy atom. The van der Waals surface area contributed by atoms with Crippen molar-refractivity contribution in [3.8, 4) is 5.75 Å². The third-order valence-electron chi connectivity index (χ3n) is 4.79. The number of amides is 1. The minimum absolute atomic E-state index is 0.228. The summed E-state index contributed by atoms with van der Waals surface area (Å²) in [7, 11) is -3.41. The second kappa shape index (κ2) is 8.65. The van der Waals surface area contributed by atoms with Crippen LogP contribution in [0.3, 0.4) is 0 Å². The molecule has 0 aromatic heterocycles. The van der Waals surface area contributed by atoms with Crippen LogP contribution in [0.15, 0.2) is 48.5 Å². The highest BCUT2D eigenvalue weighted by atomic mass is 32.2. The molecule has 1 unspecified atom stereocenters. The van der Waals surface area contributed by atoms with Crippen LogP contribution < -0.4 is 14.8 Å². The summed E-state index contributed by atoms with van der Waals surface area (Å²) in [4.78, 5) is 12.6. The van der Waals surface area contributed by atoms with Crippen molar-refractivity contribution in [2.45, 2.75) is 44.8 Å². The molecular weight excluding hydrogens is 376 g/mol. The molecule has 1 saturated carbocycles. The minimum Gasteiger partial charge on any atom is -0.490 e. The Hall–Kier alpha value is -2.54. The number of carbonyl (C=O) groups excluding carboxylic acids is 1. The topological polar surface area (TPSA) is 84.5 Å². The lowest BCUT2D eigenvalue weighted by Crippen LogP contribution is -2.27. The molecule has 1 aliphatic carbocycles. The number of hydrogen-bond acceptors (Lipinski definition) is 4.